The molecule has 3 unspecified atom stereocenters. The van der Waals surface area contributed by atoms with E-state index in [1.165, 1.54) is 43.4 Å². The fourth-order valence-corrected chi connectivity index (χ4v) is 3.25. The Kier molecular flexibility index (Phi) is 5.45. The van der Waals surface area contributed by atoms with Crippen LogP contribution in [0.4, 0.5) is 0 Å². The summed E-state index contributed by atoms with van der Waals surface area (Å²) in [7, 11) is 0. The highest BCUT2D eigenvalue weighted by atomic mass is 14.9. The monoisotopic (exact) mass is 259 g/mol. The first-order chi connectivity index (χ1) is 9.19. The van der Waals surface area contributed by atoms with Crippen LogP contribution in [0.3, 0.4) is 0 Å². The van der Waals surface area contributed by atoms with E-state index in [1.54, 1.807) is 0 Å². The summed E-state index contributed by atoms with van der Waals surface area (Å²) in [6.07, 6.45) is 6.81. The molecule has 1 nitrogen and oxygen atoms in total. The molecule has 1 aliphatic rings. The third-order valence-electron chi connectivity index (χ3n) is 4.65. The first-order valence-corrected chi connectivity index (χ1v) is 8.01. The quantitative estimate of drug-likeness (QED) is 0.806. The molecule has 0 saturated heterocycles. The van der Waals surface area contributed by atoms with Gasteiger partial charge in [-0.3, -0.25) is 0 Å². The topological polar surface area (TPSA) is 12.0 Å². The normalized spacial score (nSPS) is 25.2. The lowest BCUT2D eigenvalue weighted by atomic mass is 9.82. The Morgan fingerprint density at radius 1 is 1.21 bits per heavy atom. The van der Waals surface area contributed by atoms with Crippen LogP contribution < -0.4 is 5.32 Å². The van der Waals surface area contributed by atoms with E-state index in [9.17, 15) is 0 Å². The van der Waals surface area contributed by atoms with Crippen molar-refractivity contribution in [1.82, 2.24) is 5.32 Å². The van der Waals surface area contributed by atoms with E-state index < -0.39 is 0 Å². The van der Waals surface area contributed by atoms with Gasteiger partial charge in [0.1, 0.15) is 0 Å². The second kappa shape index (κ2) is 7.09. The Hall–Kier alpha value is -0.820. The molecule has 19 heavy (non-hydrogen) atoms. The maximum atomic E-state index is 3.73. The molecule has 1 aromatic rings. The van der Waals surface area contributed by atoms with Gasteiger partial charge in [0.15, 0.2) is 0 Å². The molecule has 0 radical (unpaired) electrons. The lowest BCUT2D eigenvalue weighted by Crippen LogP contribution is -2.28. The fourth-order valence-electron chi connectivity index (χ4n) is 3.25. The number of nitrogens with one attached hydrogen (secondary N) is 1. The predicted octanol–water partition coefficient (Wildman–Crippen LogP) is 4.73. The molecule has 0 amide bonds. The van der Waals surface area contributed by atoms with E-state index in [4.69, 9.17) is 0 Å². The van der Waals surface area contributed by atoms with Crippen LogP contribution in [0.15, 0.2) is 24.3 Å². The molecule has 1 aliphatic carbocycles. The van der Waals surface area contributed by atoms with Gasteiger partial charge in [-0.15, -0.1) is 0 Å². The van der Waals surface area contributed by atoms with E-state index in [2.05, 4.69) is 50.4 Å². The van der Waals surface area contributed by atoms with Gasteiger partial charge in [-0.2, -0.15) is 0 Å². The van der Waals surface area contributed by atoms with Crippen molar-refractivity contribution in [3.8, 4) is 0 Å². The van der Waals surface area contributed by atoms with Crippen molar-refractivity contribution < 1.29 is 0 Å². The minimum Gasteiger partial charge on any atom is -0.310 e. The van der Waals surface area contributed by atoms with Gasteiger partial charge in [0.25, 0.3) is 0 Å². The highest BCUT2D eigenvalue weighted by Gasteiger charge is 2.19. The standard InChI is InChI=1S/C18H29N/c1-4-16-8-10-18(11-9-16)15(3)19-13-17-7-5-6-14(2)12-17/h8-11,14-15,17,19H,4-7,12-13H2,1-3H3. The minimum atomic E-state index is 0.475. The zero-order valence-electron chi connectivity index (χ0n) is 12.8. The van der Waals surface area contributed by atoms with Crippen molar-refractivity contribution in [3.05, 3.63) is 35.4 Å². The first-order valence-electron chi connectivity index (χ1n) is 8.01. The molecule has 1 aromatic carbocycles. The Morgan fingerprint density at radius 2 is 1.95 bits per heavy atom. The third-order valence-corrected chi connectivity index (χ3v) is 4.65. The molecule has 3 atom stereocenters. The van der Waals surface area contributed by atoms with Gasteiger partial charge in [-0.25, -0.2) is 0 Å². The smallest absolute Gasteiger partial charge is 0.0291 e. The average molecular weight is 259 g/mol. The summed E-state index contributed by atoms with van der Waals surface area (Å²) < 4.78 is 0. The van der Waals surface area contributed by atoms with Crippen LogP contribution in [0.1, 0.15) is 63.6 Å². The van der Waals surface area contributed by atoms with Gasteiger partial charge < -0.3 is 5.32 Å². The summed E-state index contributed by atoms with van der Waals surface area (Å²) in [6, 6.07) is 9.55. The summed E-state index contributed by atoms with van der Waals surface area (Å²) >= 11 is 0. The van der Waals surface area contributed by atoms with Crippen LogP contribution >= 0.6 is 0 Å². The van der Waals surface area contributed by atoms with Crippen molar-refractivity contribution in [2.45, 2.75) is 58.9 Å². The molecule has 0 bridgehead atoms. The predicted molar refractivity (Wildman–Crippen MR) is 83.4 cm³/mol. The zero-order valence-corrected chi connectivity index (χ0v) is 12.8. The van der Waals surface area contributed by atoms with Gasteiger partial charge in [0.05, 0.1) is 0 Å². The van der Waals surface area contributed by atoms with Crippen LogP contribution in [0, 0.1) is 11.8 Å². The van der Waals surface area contributed by atoms with Gasteiger partial charge in [0, 0.05) is 6.04 Å². The molecule has 0 heterocycles. The fraction of sp³-hybridized carbons (Fsp3) is 0.667. The van der Waals surface area contributed by atoms with Crippen LogP contribution in [-0.2, 0) is 6.42 Å². The van der Waals surface area contributed by atoms with Crippen LogP contribution in [0.25, 0.3) is 0 Å². The van der Waals surface area contributed by atoms with Crippen molar-refractivity contribution in [2.24, 2.45) is 11.8 Å². The molecule has 0 aliphatic heterocycles. The molecule has 106 valence electrons. The molecule has 1 fully saturated rings. The Bertz CT molecular complexity index is 368. The van der Waals surface area contributed by atoms with Crippen molar-refractivity contribution in [3.63, 3.8) is 0 Å². The Balaban J connectivity index is 1.81. The summed E-state index contributed by atoms with van der Waals surface area (Å²) in [5.41, 5.74) is 2.85. The summed E-state index contributed by atoms with van der Waals surface area (Å²) in [5.74, 6) is 1.82. The average Bonchev–Trinajstić information content (AvgIpc) is 2.45. The molecule has 0 aromatic heterocycles. The van der Waals surface area contributed by atoms with Crippen LogP contribution in [0.5, 0.6) is 0 Å². The molecule has 2 rings (SSSR count). The second-order valence-corrected chi connectivity index (χ2v) is 6.36. The van der Waals surface area contributed by atoms with E-state index in [-0.39, 0.29) is 0 Å². The number of benzene rings is 1. The van der Waals surface area contributed by atoms with E-state index >= 15 is 0 Å². The van der Waals surface area contributed by atoms with Crippen molar-refractivity contribution in [2.75, 3.05) is 6.54 Å². The van der Waals surface area contributed by atoms with E-state index in [1.807, 2.05) is 0 Å². The SMILES string of the molecule is CCc1ccc(C(C)NCC2CCCC(C)C2)cc1. The van der Waals surface area contributed by atoms with Gasteiger partial charge in [-0.05, 0) is 55.7 Å². The van der Waals surface area contributed by atoms with Crippen molar-refractivity contribution in [1.29, 1.82) is 0 Å². The maximum Gasteiger partial charge on any atom is 0.0291 e. The van der Waals surface area contributed by atoms with Gasteiger partial charge in [-0.1, -0.05) is 51.0 Å². The minimum absolute atomic E-state index is 0.475. The van der Waals surface area contributed by atoms with Crippen LogP contribution in [-0.4, -0.2) is 6.54 Å². The second-order valence-electron chi connectivity index (χ2n) is 6.36. The van der Waals surface area contributed by atoms with Gasteiger partial charge >= 0.3 is 0 Å². The molecule has 1 heteroatoms. The largest absolute Gasteiger partial charge is 0.310 e. The molecule has 0 spiro atoms. The summed E-state index contributed by atoms with van der Waals surface area (Å²) in [4.78, 5) is 0. The highest BCUT2D eigenvalue weighted by molar-refractivity contribution is 5.24. The molecular formula is C18H29N. The summed E-state index contributed by atoms with van der Waals surface area (Å²) in [5, 5.41) is 3.73. The summed E-state index contributed by atoms with van der Waals surface area (Å²) in [6.45, 7) is 8.08. The lowest BCUT2D eigenvalue weighted by Gasteiger charge is -2.28. The molecular weight excluding hydrogens is 230 g/mol. The zero-order chi connectivity index (χ0) is 13.7. The number of rotatable bonds is 5. The van der Waals surface area contributed by atoms with E-state index in [0.717, 1.165) is 18.3 Å². The lowest BCUT2D eigenvalue weighted by molar-refractivity contribution is 0.268. The third kappa shape index (κ3) is 4.35. The van der Waals surface area contributed by atoms with Crippen molar-refractivity contribution >= 4 is 0 Å². The number of hydrogen-bond acceptors (Lipinski definition) is 1. The van der Waals surface area contributed by atoms with Gasteiger partial charge in [0.2, 0.25) is 0 Å². The van der Waals surface area contributed by atoms with Crippen LogP contribution in [0.2, 0.25) is 0 Å². The Morgan fingerprint density at radius 3 is 2.58 bits per heavy atom. The van der Waals surface area contributed by atoms with E-state index in [0.29, 0.717) is 6.04 Å². The first kappa shape index (κ1) is 14.6. The molecule has 1 saturated carbocycles. The maximum absolute atomic E-state index is 3.73. The number of hydrogen-bond donors (Lipinski definition) is 1. The number of aryl methyl sites for hydroxylation is 1. The highest BCUT2D eigenvalue weighted by Crippen LogP contribution is 2.28. The molecule has 1 N–H and O–H groups in total. The Labute approximate surface area is 118 Å².